The summed E-state index contributed by atoms with van der Waals surface area (Å²) in [7, 11) is 0. The average molecular weight is 317 g/mol. The van der Waals surface area contributed by atoms with Gasteiger partial charge in [-0.3, -0.25) is 14.9 Å². The number of non-ortho nitro benzene ring substituents is 1. The molecule has 0 atom stereocenters. The van der Waals surface area contributed by atoms with Gasteiger partial charge in [0, 0.05) is 29.3 Å². The summed E-state index contributed by atoms with van der Waals surface area (Å²) < 4.78 is 0. The molecule has 3 rings (SSSR count). The number of nitro benzene ring substituents is 1. The van der Waals surface area contributed by atoms with E-state index in [2.05, 4.69) is 0 Å². The molecule has 112 valence electrons. The quantitative estimate of drug-likeness (QED) is 0.624. The molecule has 6 heteroatoms. The highest BCUT2D eigenvalue weighted by Crippen LogP contribution is 2.32. The van der Waals surface area contributed by atoms with Crippen molar-refractivity contribution in [2.45, 2.75) is 12.8 Å². The Kier molecular flexibility index (Phi) is 3.81. The number of hydrogen-bond donors (Lipinski definition) is 0. The number of amides is 1. The maximum Gasteiger partial charge on any atom is 0.271 e. The van der Waals surface area contributed by atoms with Crippen LogP contribution >= 0.6 is 11.6 Å². The van der Waals surface area contributed by atoms with Crippen LogP contribution in [-0.2, 0) is 6.42 Å². The average Bonchev–Trinajstić information content (AvgIpc) is 2.53. The van der Waals surface area contributed by atoms with E-state index < -0.39 is 4.92 Å². The minimum atomic E-state index is -0.445. The first kappa shape index (κ1) is 14.5. The van der Waals surface area contributed by atoms with Crippen molar-refractivity contribution in [3.8, 4) is 0 Å². The zero-order valence-corrected chi connectivity index (χ0v) is 12.4. The summed E-state index contributed by atoms with van der Waals surface area (Å²) in [5.41, 5.74) is 2.10. The van der Waals surface area contributed by atoms with Gasteiger partial charge in [0.05, 0.1) is 10.6 Å². The van der Waals surface area contributed by atoms with Gasteiger partial charge in [-0.15, -0.1) is 0 Å². The molecule has 0 aliphatic carbocycles. The molecule has 0 bridgehead atoms. The van der Waals surface area contributed by atoms with Gasteiger partial charge in [-0.25, -0.2) is 0 Å². The Labute approximate surface area is 132 Å². The van der Waals surface area contributed by atoms with E-state index in [1.54, 1.807) is 35.2 Å². The molecule has 1 aliphatic rings. The van der Waals surface area contributed by atoms with Crippen molar-refractivity contribution in [3.05, 3.63) is 68.7 Å². The lowest BCUT2D eigenvalue weighted by atomic mass is 10.00. The van der Waals surface area contributed by atoms with Gasteiger partial charge in [-0.2, -0.15) is 0 Å². The van der Waals surface area contributed by atoms with Crippen molar-refractivity contribution < 1.29 is 9.72 Å². The van der Waals surface area contributed by atoms with Crippen LogP contribution < -0.4 is 4.90 Å². The molecule has 1 aliphatic heterocycles. The predicted molar refractivity (Wildman–Crippen MR) is 84.5 cm³/mol. The summed E-state index contributed by atoms with van der Waals surface area (Å²) in [6.07, 6.45) is 1.65. The molecule has 5 nitrogen and oxygen atoms in total. The number of hydrogen-bond acceptors (Lipinski definition) is 3. The second-order valence-corrected chi connectivity index (χ2v) is 5.57. The van der Waals surface area contributed by atoms with Crippen LogP contribution in [0.5, 0.6) is 0 Å². The number of carbonyl (C=O) groups excluding carboxylic acids is 1. The molecule has 0 N–H and O–H groups in total. The Morgan fingerprint density at radius 1 is 1.18 bits per heavy atom. The largest absolute Gasteiger partial charge is 0.308 e. The van der Waals surface area contributed by atoms with E-state index in [0.717, 1.165) is 18.4 Å². The van der Waals surface area contributed by atoms with Gasteiger partial charge >= 0.3 is 0 Å². The lowest BCUT2D eigenvalue weighted by Gasteiger charge is -2.29. The van der Waals surface area contributed by atoms with E-state index in [-0.39, 0.29) is 11.6 Å². The summed E-state index contributed by atoms with van der Waals surface area (Å²) >= 11 is 5.84. The van der Waals surface area contributed by atoms with E-state index in [1.807, 2.05) is 0 Å². The van der Waals surface area contributed by atoms with Gasteiger partial charge in [-0.05, 0) is 42.7 Å². The monoisotopic (exact) mass is 316 g/mol. The first-order chi connectivity index (χ1) is 10.6. The van der Waals surface area contributed by atoms with Gasteiger partial charge < -0.3 is 4.90 Å². The number of nitrogens with zero attached hydrogens (tertiary/aromatic N) is 2. The van der Waals surface area contributed by atoms with E-state index in [9.17, 15) is 14.9 Å². The van der Waals surface area contributed by atoms with Crippen LogP contribution in [-0.4, -0.2) is 17.4 Å². The Morgan fingerprint density at radius 2 is 1.91 bits per heavy atom. The summed E-state index contributed by atoms with van der Waals surface area (Å²) in [5.74, 6) is -0.168. The number of aryl methyl sites for hydroxylation is 1. The Morgan fingerprint density at radius 3 is 2.59 bits per heavy atom. The summed E-state index contributed by atoms with van der Waals surface area (Å²) in [5, 5.41) is 11.5. The van der Waals surface area contributed by atoms with Crippen molar-refractivity contribution in [2.75, 3.05) is 11.4 Å². The SMILES string of the molecule is O=C(c1ccc(Cl)cc1)N1CCCc2ccc([N+](=O)[O-])cc21. The fourth-order valence-electron chi connectivity index (χ4n) is 2.64. The summed E-state index contributed by atoms with van der Waals surface area (Å²) in [4.78, 5) is 24.8. The second kappa shape index (κ2) is 5.77. The normalized spacial score (nSPS) is 13.6. The Bertz CT molecular complexity index is 744. The molecule has 0 spiro atoms. The number of halogens is 1. The number of carbonyl (C=O) groups is 1. The molecule has 0 radical (unpaired) electrons. The standard InChI is InChI=1S/C16H13ClN2O3/c17-13-6-3-12(4-7-13)16(20)18-9-1-2-11-5-8-14(19(21)22)10-15(11)18/h3-8,10H,1-2,9H2. The molecule has 0 saturated heterocycles. The molecule has 22 heavy (non-hydrogen) atoms. The topological polar surface area (TPSA) is 63.5 Å². The van der Waals surface area contributed by atoms with Gasteiger partial charge in [0.25, 0.3) is 11.6 Å². The number of anilines is 1. The van der Waals surface area contributed by atoms with Crippen molar-refractivity contribution in [2.24, 2.45) is 0 Å². The fraction of sp³-hybridized carbons (Fsp3) is 0.188. The third-order valence-electron chi connectivity index (χ3n) is 3.73. The zero-order chi connectivity index (χ0) is 15.7. The van der Waals surface area contributed by atoms with Crippen LogP contribution in [0.2, 0.25) is 5.02 Å². The molecular formula is C16H13ClN2O3. The molecule has 0 aromatic heterocycles. The molecule has 1 heterocycles. The lowest BCUT2D eigenvalue weighted by molar-refractivity contribution is -0.384. The zero-order valence-electron chi connectivity index (χ0n) is 11.7. The van der Waals surface area contributed by atoms with Gasteiger partial charge in [0.2, 0.25) is 0 Å². The highest BCUT2D eigenvalue weighted by atomic mass is 35.5. The molecule has 0 fully saturated rings. The molecule has 2 aromatic carbocycles. The maximum atomic E-state index is 12.7. The van der Waals surface area contributed by atoms with Gasteiger partial charge in [0.1, 0.15) is 0 Å². The van der Waals surface area contributed by atoms with Crippen molar-refractivity contribution in [3.63, 3.8) is 0 Å². The highest BCUT2D eigenvalue weighted by molar-refractivity contribution is 6.30. The molecular weight excluding hydrogens is 304 g/mol. The Hall–Kier alpha value is -2.40. The smallest absolute Gasteiger partial charge is 0.271 e. The highest BCUT2D eigenvalue weighted by Gasteiger charge is 2.25. The van der Waals surface area contributed by atoms with E-state index in [1.165, 1.54) is 12.1 Å². The van der Waals surface area contributed by atoms with Crippen molar-refractivity contribution in [1.82, 2.24) is 0 Å². The third-order valence-corrected chi connectivity index (χ3v) is 3.99. The van der Waals surface area contributed by atoms with Crippen LogP contribution in [0.3, 0.4) is 0 Å². The summed E-state index contributed by atoms with van der Waals surface area (Å²) in [6.45, 7) is 0.551. The lowest BCUT2D eigenvalue weighted by Crippen LogP contribution is -2.35. The molecule has 2 aromatic rings. The predicted octanol–water partition coefficient (Wildman–Crippen LogP) is 3.84. The van der Waals surface area contributed by atoms with E-state index in [0.29, 0.717) is 22.8 Å². The maximum absolute atomic E-state index is 12.7. The second-order valence-electron chi connectivity index (χ2n) is 5.14. The number of fused-ring (bicyclic) bond motifs is 1. The fourth-order valence-corrected chi connectivity index (χ4v) is 2.76. The molecule has 0 unspecified atom stereocenters. The van der Waals surface area contributed by atoms with E-state index >= 15 is 0 Å². The molecule has 0 saturated carbocycles. The molecule has 1 amide bonds. The van der Waals surface area contributed by atoms with Crippen molar-refractivity contribution in [1.29, 1.82) is 0 Å². The van der Waals surface area contributed by atoms with Crippen LogP contribution in [0.15, 0.2) is 42.5 Å². The first-order valence-corrected chi connectivity index (χ1v) is 7.29. The van der Waals surface area contributed by atoms with Crippen LogP contribution in [0, 0.1) is 10.1 Å². The summed E-state index contributed by atoms with van der Waals surface area (Å²) in [6, 6.07) is 11.3. The van der Waals surface area contributed by atoms with E-state index in [4.69, 9.17) is 11.6 Å². The van der Waals surface area contributed by atoms with Gasteiger partial charge in [-0.1, -0.05) is 17.7 Å². The van der Waals surface area contributed by atoms with Gasteiger partial charge in [0.15, 0.2) is 0 Å². The van der Waals surface area contributed by atoms with Crippen LogP contribution in [0.4, 0.5) is 11.4 Å². The van der Waals surface area contributed by atoms with Crippen LogP contribution in [0.25, 0.3) is 0 Å². The third kappa shape index (κ3) is 2.67. The Balaban J connectivity index is 1.99. The number of nitro groups is 1. The number of rotatable bonds is 2. The first-order valence-electron chi connectivity index (χ1n) is 6.91. The van der Waals surface area contributed by atoms with Crippen LogP contribution in [0.1, 0.15) is 22.3 Å². The minimum absolute atomic E-state index is 0.00504. The van der Waals surface area contributed by atoms with Crippen molar-refractivity contribution >= 4 is 28.9 Å². The minimum Gasteiger partial charge on any atom is -0.308 e. The number of benzene rings is 2.